The van der Waals surface area contributed by atoms with Crippen LogP contribution >= 0.6 is 23.2 Å². The van der Waals surface area contributed by atoms with Crippen molar-refractivity contribution in [3.63, 3.8) is 0 Å². The Labute approximate surface area is 182 Å². The van der Waals surface area contributed by atoms with Gasteiger partial charge >= 0.3 is 0 Å². The Bertz CT molecular complexity index is 1250. The van der Waals surface area contributed by atoms with E-state index in [0.717, 1.165) is 5.56 Å². The molecule has 0 aliphatic carbocycles. The number of aromatic nitrogens is 1. The van der Waals surface area contributed by atoms with E-state index in [1.165, 1.54) is 12.1 Å². The third kappa shape index (κ3) is 4.35. The second-order valence-corrected chi connectivity index (χ2v) is 7.48. The fourth-order valence-electron chi connectivity index (χ4n) is 2.87. The molecule has 0 saturated carbocycles. The normalized spacial score (nSPS) is 10.9. The molecule has 0 atom stereocenters. The van der Waals surface area contributed by atoms with Crippen molar-refractivity contribution in [3.8, 4) is 23.0 Å². The van der Waals surface area contributed by atoms with Gasteiger partial charge in [-0.3, -0.25) is 4.79 Å². The number of aryl methyl sites for hydroxylation is 1. The van der Waals surface area contributed by atoms with Gasteiger partial charge in [0.2, 0.25) is 5.89 Å². The van der Waals surface area contributed by atoms with Crippen molar-refractivity contribution in [1.82, 2.24) is 4.98 Å². The number of oxazole rings is 1. The first-order chi connectivity index (χ1) is 14.4. The number of hydrogen-bond donors (Lipinski definition) is 2. The van der Waals surface area contributed by atoms with Crippen LogP contribution in [0.5, 0.6) is 11.5 Å². The van der Waals surface area contributed by atoms with Crippen molar-refractivity contribution in [2.45, 2.75) is 6.92 Å². The van der Waals surface area contributed by atoms with Crippen LogP contribution in [-0.4, -0.2) is 22.6 Å². The molecule has 0 radical (unpaired) electrons. The maximum atomic E-state index is 12.3. The smallest absolute Gasteiger partial charge is 0.262 e. The summed E-state index contributed by atoms with van der Waals surface area (Å²) < 4.78 is 11.2. The number of phenols is 1. The summed E-state index contributed by atoms with van der Waals surface area (Å²) in [4.78, 5) is 16.7. The molecule has 8 heteroatoms. The van der Waals surface area contributed by atoms with Gasteiger partial charge in [0.15, 0.2) is 12.2 Å². The average Bonchev–Trinajstić information content (AvgIpc) is 3.11. The molecule has 0 aliphatic heterocycles. The Balaban J connectivity index is 1.50. The zero-order chi connectivity index (χ0) is 21.3. The number of nitrogens with zero attached hydrogens (tertiary/aromatic N) is 1. The van der Waals surface area contributed by atoms with E-state index in [1.807, 2.05) is 25.1 Å². The van der Waals surface area contributed by atoms with Crippen molar-refractivity contribution >= 4 is 45.9 Å². The highest BCUT2D eigenvalue weighted by Gasteiger charge is 2.15. The van der Waals surface area contributed by atoms with Crippen molar-refractivity contribution in [2.75, 3.05) is 11.9 Å². The van der Waals surface area contributed by atoms with Gasteiger partial charge < -0.3 is 19.6 Å². The third-order valence-corrected chi connectivity index (χ3v) is 4.84. The van der Waals surface area contributed by atoms with Crippen LogP contribution in [0.15, 0.2) is 59.0 Å². The monoisotopic (exact) mass is 442 g/mol. The van der Waals surface area contributed by atoms with Gasteiger partial charge in [0.1, 0.15) is 17.0 Å². The number of fused-ring (bicyclic) bond motifs is 1. The Kier molecular flexibility index (Phi) is 5.53. The standard InChI is InChI=1S/C22H16Cl2N2O4/c1-12-2-6-20-17(8-12)26-22(30-20)15-10-14(4-5-18(15)27)25-21(28)11-29-19-7-3-13(23)9-16(19)24/h2-10,27H,11H2,1H3,(H,25,28). The molecule has 0 spiro atoms. The van der Waals surface area contributed by atoms with Crippen LogP contribution in [0.2, 0.25) is 10.0 Å². The van der Waals surface area contributed by atoms with Gasteiger partial charge in [-0.2, -0.15) is 0 Å². The lowest BCUT2D eigenvalue weighted by Gasteiger charge is -2.10. The number of carbonyl (C=O) groups is 1. The number of phenolic OH excluding ortho intramolecular Hbond substituents is 1. The molecule has 6 nitrogen and oxygen atoms in total. The number of aromatic hydroxyl groups is 1. The van der Waals surface area contributed by atoms with Crippen LogP contribution in [0.1, 0.15) is 5.56 Å². The van der Waals surface area contributed by atoms with Crippen molar-refractivity contribution in [2.24, 2.45) is 0 Å². The molecule has 0 bridgehead atoms. The number of amides is 1. The average molecular weight is 443 g/mol. The van der Waals surface area contributed by atoms with Crippen LogP contribution in [0.3, 0.4) is 0 Å². The van der Waals surface area contributed by atoms with Crippen LogP contribution in [0.4, 0.5) is 5.69 Å². The first kappa shape index (κ1) is 20.1. The molecule has 0 unspecified atom stereocenters. The van der Waals surface area contributed by atoms with E-state index >= 15 is 0 Å². The maximum Gasteiger partial charge on any atom is 0.262 e. The summed E-state index contributed by atoms with van der Waals surface area (Å²) in [5.74, 6) is 0.198. The Morgan fingerprint density at radius 1 is 1.13 bits per heavy atom. The van der Waals surface area contributed by atoms with Crippen LogP contribution in [0.25, 0.3) is 22.6 Å². The highest BCUT2D eigenvalue weighted by atomic mass is 35.5. The summed E-state index contributed by atoms with van der Waals surface area (Å²) in [6.07, 6.45) is 0. The molecule has 1 aromatic heterocycles. The van der Waals surface area contributed by atoms with Crippen molar-refractivity contribution in [1.29, 1.82) is 0 Å². The lowest BCUT2D eigenvalue weighted by atomic mass is 10.1. The fraction of sp³-hybridized carbons (Fsp3) is 0.0909. The predicted molar refractivity (Wildman–Crippen MR) is 116 cm³/mol. The van der Waals surface area contributed by atoms with Gasteiger partial charge in [-0.25, -0.2) is 4.98 Å². The summed E-state index contributed by atoms with van der Waals surface area (Å²) in [7, 11) is 0. The minimum absolute atomic E-state index is 0.0135. The quantitative estimate of drug-likeness (QED) is 0.379. The molecule has 3 aromatic carbocycles. The lowest BCUT2D eigenvalue weighted by molar-refractivity contribution is -0.118. The van der Waals surface area contributed by atoms with E-state index in [4.69, 9.17) is 32.4 Å². The van der Waals surface area contributed by atoms with Crippen molar-refractivity contribution in [3.05, 3.63) is 70.2 Å². The van der Waals surface area contributed by atoms with Gasteiger partial charge in [-0.15, -0.1) is 0 Å². The van der Waals surface area contributed by atoms with Gasteiger partial charge in [-0.1, -0.05) is 29.3 Å². The lowest BCUT2D eigenvalue weighted by Crippen LogP contribution is -2.20. The number of halogens is 2. The topological polar surface area (TPSA) is 84.6 Å². The first-order valence-corrected chi connectivity index (χ1v) is 9.73. The van der Waals surface area contributed by atoms with Gasteiger partial charge in [-0.05, 0) is 61.0 Å². The van der Waals surface area contributed by atoms with E-state index in [0.29, 0.717) is 38.1 Å². The second-order valence-electron chi connectivity index (χ2n) is 6.63. The van der Waals surface area contributed by atoms with E-state index < -0.39 is 5.91 Å². The summed E-state index contributed by atoms with van der Waals surface area (Å²) in [6.45, 7) is 1.71. The minimum Gasteiger partial charge on any atom is -0.507 e. The van der Waals surface area contributed by atoms with E-state index in [-0.39, 0.29) is 18.2 Å². The van der Waals surface area contributed by atoms with Gasteiger partial charge in [0, 0.05) is 10.7 Å². The molecule has 0 saturated heterocycles. The highest BCUT2D eigenvalue weighted by Crippen LogP contribution is 2.33. The number of benzene rings is 3. The van der Waals surface area contributed by atoms with Gasteiger partial charge in [0.25, 0.3) is 5.91 Å². The molecule has 4 rings (SSSR count). The highest BCUT2D eigenvalue weighted by molar-refractivity contribution is 6.35. The van der Waals surface area contributed by atoms with E-state index in [9.17, 15) is 9.90 Å². The van der Waals surface area contributed by atoms with Crippen LogP contribution in [-0.2, 0) is 4.79 Å². The molecule has 4 aromatic rings. The zero-order valence-electron chi connectivity index (χ0n) is 15.8. The number of anilines is 1. The molecular formula is C22H16Cl2N2O4. The molecular weight excluding hydrogens is 427 g/mol. The Hall–Kier alpha value is -3.22. The number of hydrogen-bond acceptors (Lipinski definition) is 5. The summed E-state index contributed by atoms with van der Waals surface area (Å²) in [5, 5.41) is 13.7. The first-order valence-electron chi connectivity index (χ1n) is 8.97. The van der Waals surface area contributed by atoms with Crippen molar-refractivity contribution < 1.29 is 19.1 Å². The number of nitrogens with one attached hydrogen (secondary N) is 1. The maximum absolute atomic E-state index is 12.3. The molecule has 0 fully saturated rings. The summed E-state index contributed by atoms with van der Waals surface area (Å²) in [5.41, 5.74) is 3.17. The summed E-state index contributed by atoms with van der Waals surface area (Å²) in [6, 6.07) is 15.0. The number of ether oxygens (including phenoxy) is 1. The molecule has 1 amide bonds. The second kappa shape index (κ2) is 8.26. The fourth-order valence-corrected chi connectivity index (χ4v) is 3.33. The minimum atomic E-state index is -0.397. The Morgan fingerprint density at radius 2 is 1.97 bits per heavy atom. The van der Waals surface area contributed by atoms with E-state index in [1.54, 1.807) is 24.3 Å². The third-order valence-electron chi connectivity index (χ3n) is 4.31. The SMILES string of the molecule is Cc1ccc2oc(-c3cc(NC(=O)COc4ccc(Cl)cc4Cl)ccc3O)nc2c1. The molecule has 152 valence electrons. The van der Waals surface area contributed by atoms with E-state index in [2.05, 4.69) is 10.3 Å². The largest absolute Gasteiger partial charge is 0.507 e. The predicted octanol–water partition coefficient (Wildman–Crippen LogP) is 5.83. The molecule has 1 heterocycles. The van der Waals surface area contributed by atoms with Gasteiger partial charge in [0.05, 0.1) is 10.6 Å². The summed E-state index contributed by atoms with van der Waals surface area (Å²) >= 11 is 11.9. The van der Waals surface area contributed by atoms with Crippen LogP contribution < -0.4 is 10.1 Å². The Morgan fingerprint density at radius 3 is 2.77 bits per heavy atom. The zero-order valence-corrected chi connectivity index (χ0v) is 17.3. The number of carbonyl (C=O) groups excluding carboxylic acids is 1. The van der Waals surface area contributed by atoms with Crippen LogP contribution in [0, 0.1) is 6.92 Å². The molecule has 30 heavy (non-hydrogen) atoms. The molecule has 2 N–H and O–H groups in total. The number of rotatable bonds is 5. The molecule has 0 aliphatic rings.